The van der Waals surface area contributed by atoms with E-state index in [0.29, 0.717) is 16.6 Å². The molecule has 6 heteroatoms. The van der Waals surface area contributed by atoms with Gasteiger partial charge in [-0.15, -0.1) is 0 Å². The molecule has 0 N–H and O–H groups in total. The molecule has 20 heavy (non-hydrogen) atoms. The van der Waals surface area contributed by atoms with Crippen LogP contribution in [0.5, 0.6) is 0 Å². The lowest BCUT2D eigenvalue weighted by molar-refractivity contribution is -0.154. The smallest absolute Gasteiger partial charge is 0.246 e. The largest absolute Gasteiger partial charge is 0.329 e. The van der Waals surface area contributed by atoms with Crippen LogP contribution in [0.15, 0.2) is 22.7 Å². The number of piperazine rings is 1. The number of halogens is 2. The lowest BCUT2D eigenvalue weighted by atomic mass is 10.1. The number of carbonyl (C=O) groups excluding carboxylic acids is 2. The zero-order valence-electron chi connectivity index (χ0n) is 10.8. The van der Waals surface area contributed by atoms with Gasteiger partial charge in [0.1, 0.15) is 18.4 Å². The highest BCUT2D eigenvalue weighted by Crippen LogP contribution is 2.27. The van der Waals surface area contributed by atoms with Crippen molar-refractivity contribution in [3.63, 3.8) is 0 Å². The molecular weight excluding hydrogens is 327 g/mol. The molecule has 3 rings (SSSR count). The van der Waals surface area contributed by atoms with Crippen molar-refractivity contribution in [3.05, 3.63) is 34.1 Å². The Morgan fingerprint density at radius 1 is 1.35 bits per heavy atom. The third-order valence-electron chi connectivity index (χ3n) is 3.89. The van der Waals surface area contributed by atoms with Gasteiger partial charge >= 0.3 is 0 Å². The van der Waals surface area contributed by atoms with Crippen LogP contribution in [0.1, 0.15) is 18.4 Å². The standard InChI is InChI=1S/C14H14BrFN2O2/c15-13-9(3-1-4-10(13)16)7-17-8-12(19)18-6-2-5-11(18)14(17)20/h1,3-4,11H,2,5-8H2. The maximum absolute atomic E-state index is 13.5. The number of benzene rings is 1. The Kier molecular flexibility index (Phi) is 3.50. The summed E-state index contributed by atoms with van der Waals surface area (Å²) in [6, 6.07) is 4.40. The third-order valence-corrected chi connectivity index (χ3v) is 4.78. The second kappa shape index (κ2) is 5.16. The van der Waals surface area contributed by atoms with E-state index in [1.165, 1.54) is 11.0 Å². The molecule has 2 saturated heterocycles. The van der Waals surface area contributed by atoms with Gasteiger partial charge in [-0.05, 0) is 40.4 Å². The zero-order valence-corrected chi connectivity index (χ0v) is 12.4. The minimum absolute atomic E-state index is 0.0142. The van der Waals surface area contributed by atoms with E-state index in [1.807, 2.05) is 0 Å². The number of nitrogens with zero attached hydrogens (tertiary/aromatic N) is 2. The van der Waals surface area contributed by atoms with E-state index in [1.54, 1.807) is 17.0 Å². The van der Waals surface area contributed by atoms with Crippen LogP contribution in [-0.2, 0) is 16.1 Å². The lowest BCUT2D eigenvalue weighted by Gasteiger charge is -2.36. The van der Waals surface area contributed by atoms with E-state index in [-0.39, 0.29) is 36.8 Å². The second-order valence-electron chi connectivity index (χ2n) is 5.15. The molecule has 106 valence electrons. The van der Waals surface area contributed by atoms with Gasteiger partial charge < -0.3 is 9.80 Å². The number of rotatable bonds is 2. The summed E-state index contributed by atoms with van der Waals surface area (Å²) in [7, 11) is 0. The van der Waals surface area contributed by atoms with Crippen molar-refractivity contribution in [3.8, 4) is 0 Å². The molecule has 1 aromatic carbocycles. The van der Waals surface area contributed by atoms with Crippen molar-refractivity contribution in [1.82, 2.24) is 9.80 Å². The molecule has 2 amide bonds. The van der Waals surface area contributed by atoms with E-state index in [4.69, 9.17) is 0 Å². The molecule has 0 aliphatic carbocycles. The SMILES string of the molecule is O=C1C2CCCN2C(=O)CN1Cc1cccc(F)c1Br. The zero-order chi connectivity index (χ0) is 14.3. The fourth-order valence-electron chi connectivity index (χ4n) is 2.87. The van der Waals surface area contributed by atoms with Crippen LogP contribution in [0.25, 0.3) is 0 Å². The maximum Gasteiger partial charge on any atom is 0.246 e. The van der Waals surface area contributed by atoms with Crippen LogP contribution in [-0.4, -0.2) is 40.7 Å². The molecule has 1 unspecified atom stereocenters. The van der Waals surface area contributed by atoms with Crippen LogP contribution in [0.4, 0.5) is 4.39 Å². The number of carbonyl (C=O) groups is 2. The normalized spacial score (nSPS) is 22.4. The highest BCUT2D eigenvalue weighted by Gasteiger charge is 2.41. The third kappa shape index (κ3) is 2.22. The van der Waals surface area contributed by atoms with Crippen LogP contribution < -0.4 is 0 Å². The van der Waals surface area contributed by atoms with Gasteiger partial charge in [0.15, 0.2) is 0 Å². The minimum atomic E-state index is -0.360. The Bertz CT molecular complexity index is 578. The summed E-state index contributed by atoms with van der Waals surface area (Å²) in [6.45, 7) is 1.01. The molecule has 2 heterocycles. The first kappa shape index (κ1) is 13.5. The van der Waals surface area contributed by atoms with Gasteiger partial charge in [-0.2, -0.15) is 0 Å². The number of fused-ring (bicyclic) bond motifs is 1. The minimum Gasteiger partial charge on any atom is -0.329 e. The van der Waals surface area contributed by atoms with Gasteiger partial charge in [0.2, 0.25) is 11.8 Å². The molecule has 0 aromatic heterocycles. The van der Waals surface area contributed by atoms with Crippen molar-refractivity contribution in [2.45, 2.75) is 25.4 Å². The second-order valence-corrected chi connectivity index (χ2v) is 5.95. The number of hydrogen-bond donors (Lipinski definition) is 0. The average Bonchev–Trinajstić information content (AvgIpc) is 2.91. The Morgan fingerprint density at radius 3 is 2.95 bits per heavy atom. The summed E-state index contributed by atoms with van der Waals surface area (Å²) >= 11 is 3.19. The summed E-state index contributed by atoms with van der Waals surface area (Å²) in [5.41, 5.74) is 0.678. The predicted octanol–water partition coefficient (Wildman–Crippen LogP) is 1.92. The Labute approximate surface area is 124 Å². The summed E-state index contributed by atoms with van der Waals surface area (Å²) in [4.78, 5) is 27.6. The van der Waals surface area contributed by atoms with E-state index in [2.05, 4.69) is 15.9 Å². The summed E-state index contributed by atoms with van der Waals surface area (Å²) < 4.78 is 13.9. The van der Waals surface area contributed by atoms with Crippen LogP contribution in [0, 0.1) is 5.82 Å². The van der Waals surface area contributed by atoms with Crippen molar-refractivity contribution < 1.29 is 14.0 Å². The first-order chi connectivity index (χ1) is 9.58. The fraction of sp³-hybridized carbons (Fsp3) is 0.429. The molecule has 0 radical (unpaired) electrons. The quantitative estimate of drug-likeness (QED) is 0.825. The molecule has 4 nitrogen and oxygen atoms in total. The van der Waals surface area contributed by atoms with Gasteiger partial charge in [0, 0.05) is 13.1 Å². The molecule has 0 bridgehead atoms. The Hall–Kier alpha value is -1.43. The van der Waals surface area contributed by atoms with Crippen LogP contribution >= 0.6 is 15.9 Å². The molecule has 0 spiro atoms. The van der Waals surface area contributed by atoms with E-state index < -0.39 is 0 Å². The van der Waals surface area contributed by atoms with Gasteiger partial charge in [-0.3, -0.25) is 9.59 Å². The van der Waals surface area contributed by atoms with Crippen molar-refractivity contribution in [2.75, 3.05) is 13.1 Å². The highest BCUT2D eigenvalue weighted by molar-refractivity contribution is 9.10. The summed E-state index contributed by atoms with van der Waals surface area (Å²) in [5.74, 6) is -0.404. The molecule has 2 aliphatic rings. The van der Waals surface area contributed by atoms with Gasteiger partial charge in [0.25, 0.3) is 0 Å². The fourth-order valence-corrected chi connectivity index (χ4v) is 3.26. The molecule has 2 aliphatic heterocycles. The maximum atomic E-state index is 13.5. The summed E-state index contributed by atoms with van der Waals surface area (Å²) in [5, 5.41) is 0. The van der Waals surface area contributed by atoms with E-state index >= 15 is 0 Å². The van der Waals surface area contributed by atoms with E-state index in [0.717, 1.165) is 12.8 Å². The summed E-state index contributed by atoms with van der Waals surface area (Å²) in [6.07, 6.45) is 1.60. The topological polar surface area (TPSA) is 40.6 Å². The van der Waals surface area contributed by atoms with Gasteiger partial charge in [0.05, 0.1) is 4.47 Å². The molecular formula is C14H14BrFN2O2. The van der Waals surface area contributed by atoms with Crippen molar-refractivity contribution >= 4 is 27.7 Å². The molecule has 2 fully saturated rings. The monoisotopic (exact) mass is 340 g/mol. The Balaban J connectivity index is 1.82. The lowest BCUT2D eigenvalue weighted by Crippen LogP contribution is -2.56. The molecule has 1 atom stereocenters. The number of hydrogen-bond acceptors (Lipinski definition) is 2. The van der Waals surface area contributed by atoms with E-state index in [9.17, 15) is 14.0 Å². The van der Waals surface area contributed by atoms with Crippen molar-refractivity contribution in [2.24, 2.45) is 0 Å². The average molecular weight is 341 g/mol. The Morgan fingerprint density at radius 2 is 2.15 bits per heavy atom. The molecule has 0 saturated carbocycles. The predicted molar refractivity (Wildman–Crippen MR) is 74.3 cm³/mol. The van der Waals surface area contributed by atoms with Crippen LogP contribution in [0.3, 0.4) is 0 Å². The number of amides is 2. The highest BCUT2D eigenvalue weighted by atomic mass is 79.9. The van der Waals surface area contributed by atoms with Crippen molar-refractivity contribution in [1.29, 1.82) is 0 Å². The first-order valence-corrected chi connectivity index (χ1v) is 7.38. The van der Waals surface area contributed by atoms with Crippen LogP contribution in [0.2, 0.25) is 0 Å². The van der Waals surface area contributed by atoms with Gasteiger partial charge in [-0.25, -0.2) is 4.39 Å². The molecule has 1 aromatic rings. The first-order valence-electron chi connectivity index (χ1n) is 6.59. The van der Waals surface area contributed by atoms with Gasteiger partial charge in [-0.1, -0.05) is 12.1 Å².